The molecule has 0 amide bonds. The van der Waals surface area contributed by atoms with Crippen molar-refractivity contribution in [1.82, 2.24) is 0 Å². The monoisotopic (exact) mass is 360 g/mol. The second-order valence-corrected chi connectivity index (χ2v) is 6.10. The Morgan fingerprint density at radius 2 is 1.53 bits per heavy atom. The van der Waals surface area contributed by atoms with Crippen molar-refractivity contribution in [3.8, 4) is 0 Å². The first-order valence-electron chi connectivity index (χ1n) is 5.05. The van der Waals surface area contributed by atoms with Gasteiger partial charge >= 0.3 is 0 Å². The Balaban J connectivity index is 2.58. The molecular formula is C13H7F2IS. The second kappa shape index (κ2) is 3.88. The van der Waals surface area contributed by atoms with Gasteiger partial charge in [-0.25, -0.2) is 8.78 Å². The SMILES string of the molecule is Cc1ccc2c(sc3c(F)c(I)ccc32)c1F. The van der Waals surface area contributed by atoms with E-state index >= 15 is 0 Å². The van der Waals surface area contributed by atoms with Crippen molar-refractivity contribution < 1.29 is 8.78 Å². The molecule has 4 heteroatoms. The zero-order chi connectivity index (χ0) is 12.2. The molecule has 3 aromatic rings. The number of fused-ring (bicyclic) bond motifs is 3. The summed E-state index contributed by atoms with van der Waals surface area (Å²) >= 11 is 3.14. The van der Waals surface area contributed by atoms with E-state index in [0.717, 1.165) is 10.8 Å². The molecule has 0 aliphatic carbocycles. The lowest BCUT2D eigenvalue weighted by atomic mass is 10.1. The molecule has 0 fully saturated rings. The van der Waals surface area contributed by atoms with Crippen molar-refractivity contribution >= 4 is 54.1 Å². The van der Waals surface area contributed by atoms with E-state index in [1.807, 2.05) is 34.7 Å². The van der Waals surface area contributed by atoms with E-state index in [1.165, 1.54) is 11.3 Å². The lowest BCUT2D eigenvalue weighted by Gasteiger charge is -1.97. The number of aryl methyl sites for hydroxylation is 1. The zero-order valence-corrected chi connectivity index (χ0v) is 11.8. The summed E-state index contributed by atoms with van der Waals surface area (Å²) < 4.78 is 29.6. The fraction of sp³-hybridized carbons (Fsp3) is 0.0769. The van der Waals surface area contributed by atoms with Gasteiger partial charge in [0.15, 0.2) is 5.82 Å². The minimum absolute atomic E-state index is 0.238. The maximum Gasteiger partial charge on any atom is 0.154 e. The average Bonchev–Trinajstić information content (AvgIpc) is 2.69. The summed E-state index contributed by atoms with van der Waals surface area (Å²) in [4.78, 5) is 0. The summed E-state index contributed by atoms with van der Waals surface area (Å²) in [6, 6.07) is 7.18. The minimum atomic E-state index is -0.249. The summed E-state index contributed by atoms with van der Waals surface area (Å²) in [5.74, 6) is -0.487. The number of rotatable bonds is 0. The van der Waals surface area contributed by atoms with E-state index in [9.17, 15) is 8.78 Å². The van der Waals surface area contributed by atoms with Gasteiger partial charge in [-0.1, -0.05) is 18.2 Å². The van der Waals surface area contributed by atoms with Gasteiger partial charge in [0, 0.05) is 10.8 Å². The third kappa shape index (κ3) is 1.57. The van der Waals surface area contributed by atoms with Crippen LogP contribution in [-0.2, 0) is 0 Å². The van der Waals surface area contributed by atoms with Crippen LogP contribution in [0.2, 0.25) is 0 Å². The average molecular weight is 360 g/mol. The Labute approximate surface area is 114 Å². The van der Waals surface area contributed by atoms with Crippen LogP contribution < -0.4 is 0 Å². The van der Waals surface area contributed by atoms with Gasteiger partial charge in [0.1, 0.15) is 5.82 Å². The molecule has 0 N–H and O–H groups in total. The molecule has 0 bridgehead atoms. The van der Waals surface area contributed by atoms with Crippen LogP contribution in [0.4, 0.5) is 8.78 Å². The molecule has 0 spiro atoms. The quantitative estimate of drug-likeness (QED) is 0.481. The first kappa shape index (κ1) is 11.3. The maximum atomic E-state index is 14.0. The second-order valence-electron chi connectivity index (χ2n) is 3.91. The summed E-state index contributed by atoms with van der Waals surface area (Å²) in [5.41, 5.74) is 0.596. The van der Waals surface area contributed by atoms with E-state index in [2.05, 4.69) is 0 Å². The molecule has 17 heavy (non-hydrogen) atoms. The number of benzene rings is 2. The maximum absolute atomic E-state index is 14.0. The van der Waals surface area contributed by atoms with Crippen LogP contribution >= 0.6 is 33.9 Å². The van der Waals surface area contributed by atoms with Gasteiger partial charge in [0.2, 0.25) is 0 Å². The highest BCUT2D eigenvalue weighted by molar-refractivity contribution is 14.1. The molecule has 2 aromatic carbocycles. The molecule has 0 radical (unpaired) electrons. The van der Waals surface area contributed by atoms with Crippen molar-refractivity contribution in [3.63, 3.8) is 0 Å². The van der Waals surface area contributed by atoms with Gasteiger partial charge in [0.25, 0.3) is 0 Å². The zero-order valence-electron chi connectivity index (χ0n) is 8.85. The van der Waals surface area contributed by atoms with Gasteiger partial charge in [-0.15, -0.1) is 11.3 Å². The predicted octanol–water partition coefficient (Wildman–Crippen LogP) is 5.25. The Hall–Kier alpha value is -0.750. The molecular weight excluding hydrogens is 353 g/mol. The third-order valence-electron chi connectivity index (χ3n) is 2.83. The van der Waals surface area contributed by atoms with Crippen molar-refractivity contribution in [2.75, 3.05) is 0 Å². The van der Waals surface area contributed by atoms with Gasteiger partial charge in [0.05, 0.1) is 13.0 Å². The number of hydrogen-bond donors (Lipinski definition) is 0. The summed E-state index contributed by atoms with van der Waals surface area (Å²) in [6.07, 6.45) is 0. The molecule has 86 valence electrons. The first-order chi connectivity index (χ1) is 8.09. The first-order valence-corrected chi connectivity index (χ1v) is 6.94. The van der Waals surface area contributed by atoms with Crippen LogP contribution in [0.15, 0.2) is 24.3 Å². The van der Waals surface area contributed by atoms with Gasteiger partial charge in [-0.3, -0.25) is 0 Å². The van der Waals surface area contributed by atoms with Gasteiger partial charge in [-0.2, -0.15) is 0 Å². The predicted molar refractivity (Wildman–Crippen MR) is 76.7 cm³/mol. The van der Waals surface area contributed by atoms with Crippen molar-refractivity contribution in [2.45, 2.75) is 6.92 Å². The summed E-state index contributed by atoms with van der Waals surface area (Å²) in [5, 5.41) is 1.59. The van der Waals surface area contributed by atoms with E-state index in [1.54, 1.807) is 19.1 Å². The Kier molecular flexibility index (Phi) is 2.59. The van der Waals surface area contributed by atoms with Crippen LogP contribution in [0.25, 0.3) is 20.2 Å². The van der Waals surface area contributed by atoms with Crippen LogP contribution in [-0.4, -0.2) is 0 Å². The molecule has 0 saturated carbocycles. The fourth-order valence-corrected chi connectivity index (χ4v) is 3.78. The molecule has 0 saturated heterocycles. The highest BCUT2D eigenvalue weighted by Crippen LogP contribution is 2.38. The molecule has 0 nitrogen and oxygen atoms in total. The largest absolute Gasteiger partial charge is 0.205 e. The molecule has 0 aliphatic rings. The number of thiophene rings is 1. The van der Waals surface area contributed by atoms with Crippen molar-refractivity contribution in [3.05, 3.63) is 45.0 Å². The smallest absolute Gasteiger partial charge is 0.154 e. The van der Waals surface area contributed by atoms with E-state index < -0.39 is 0 Å². The Morgan fingerprint density at radius 3 is 2.24 bits per heavy atom. The molecule has 1 aromatic heterocycles. The van der Waals surface area contributed by atoms with Crippen LogP contribution in [0, 0.1) is 22.1 Å². The van der Waals surface area contributed by atoms with Crippen LogP contribution in [0.1, 0.15) is 5.56 Å². The van der Waals surface area contributed by atoms with Crippen LogP contribution in [0.3, 0.4) is 0 Å². The molecule has 3 rings (SSSR count). The topological polar surface area (TPSA) is 0 Å². The Morgan fingerprint density at radius 1 is 0.941 bits per heavy atom. The highest BCUT2D eigenvalue weighted by Gasteiger charge is 2.14. The molecule has 0 unspecified atom stereocenters. The van der Waals surface area contributed by atoms with Crippen LogP contribution in [0.5, 0.6) is 0 Å². The lowest BCUT2D eigenvalue weighted by Crippen LogP contribution is -1.81. The summed E-state index contributed by atoms with van der Waals surface area (Å²) in [6.45, 7) is 1.72. The fourth-order valence-electron chi connectivity index (χ4n) is 1.91. The third-order valence-corrected chi connectivity index (χ3v) is 4.87. The molecule has 0 aliphatic heterocycles. The van der Waals surface area contributed by atoms with Crippen molar-refractivity contribution in [2.24, 2.45) is 0 Å². The Bertz CT molecular complexity index is 684. The standard InChI is InChI=1S/C13H7F2IS/c1-6-2-3-7-8-4-5-9(16)11(15)13(8)17-12(7)10(6)14/h2-5H,1H3. The normalized spacial score (nSPS) is 11.5. The lowest BCUT2D eigenvalue weighted by molar-refractivity contribution is 0.632. The van der Waals surface area contributed by atoms with Crippen molar-refractivity contribution in [1.29, 1.82) is 0 Å². The van der Waals surface area contributed by atoms with E-state index in [-0.39, 0.29) is 11.6 Å². The molecule has 0 atom stereocenters. The minimum Gasteiger partial charge on any atom is -0.205 e. The van der Waals surface area contributed by atoms with Gasteiger partial charge < -0.3 is 0 Å². The van der Waals surface area contributed by atoms with E-state index in [0.29, 0.717) is 18.5 Å². The number of hydrogen-bond acceptors (Lipinski definition) is 1. The highest BCUT2D eigenvalue weighted by atomic mass is 127. The number of halogens is 3. The summed E-state index contributed by atoms with van der Waals surface area (Å²) in [7, 11) is 0. The molecule has 1 heterocycles. The van der Waals surface area contributed by atoms with Gasteiger partial charge in [-0.05, 0) is 41.1 Å². The van der Waals surface area contributed by atoms with E-state index in [4.69, 9.17) is 0 Å².